The molecule has 0 fully saturated rings. The minimum Gasteiger partial charge on any atom is -0.547 e. The Morgan fingerprint density at radius 1 is 0.944 bits per heavy atom. The molecule has 2 N–H and O–H groups in total. The zero-order valence-electron chi connectivity index (χ0n) is 9.31. The largest absolute Gasteiger partial charge is 0.547 e. The lowest BCUT2D eigenvalue weighted by Crippen LogP contribution is -2.51. The minimum atomic E-state index is -2.44. The number of rotatable bonds is 5. The van der Waals surface area contributed by atoms with Crippen molar-refractivity contribution in [1.29, 1.82) is 0 Å². The molecule has 8 nitrogen and oxygen atoms in total. The summed E-state index contributed by atoms with van der Waals surface area (Å²) in [6.07, 6.45) is 0.861. The molecule has 0 aromatic heterocycles. The van der Waals surface area contributed by atoms with Crippen molar-refractivity contribution in [2.45, 2.75) is 19.1 Å². The van der Waals surface area contributed by atoms with Crippen LogP contribution in [0.4, 0.5) is 0 Å². The standard InChI is InChI=1S/C6H8O2.C4H6O6/c1-2-3-4-5-6(7)8;5-1(3(7)8)2(6)4(9)10/h2-5H,1H3,(H,7,8);1-2,5-6H,(H,7,8)(H,9,10)/p-3/b3-2+,5-4+;. The van der Waals surface area contributed by atoms with Gasteiger partial charge in [-0.1, -0.05) is 18.2 Å². The molecule has 0 aliphatic heterocycles. The fourth-order valence-corrected chi connectivity index (χ4v) is 0.503. The van der Waals surface area contributed by atoms with Gasteiger partial charge < -0.3 is 39.9 Å². The molecule has 0 aliphatic carbocycles. The molecule has 0 aromatic rings. The van der Waals surface area contributed by atoms with Crippen LogP contribution in [0.3, 0.4) is 0 Å². The van der Waals surface area contributed by atoms with Gasteiger partial charge in [-0.15, -0.1) is 0 Å². The average Bonchev–Trinajstić information content (AvgIpc) is 2.27. The molecular formula is C10H11O8-3. The van der Waals surface area contributed by atoms with Crippen LogP contribution in [0, 0.1) is 0 Å². The summed E-state index contributed by atoms with van der Waals surface area (Å²) in [5, 5.41) is 45.4. The van der Waals surface area contributed by atoms with Crippen molar-refractivity contribution in [2.75, 3.05) is 0 Å². The van der Waals surface area contributed by atoms with E-state index in [1.54, 1.807) is 19.1 Å². The van der Waals surface area contributed by atoms with Gasteiger partial charge in [-0.05, 0) is 13.0 Å². The van der Waals surface area contributed by atoms with Gasteiger partial charge in [0.2, 0.25) is 0 Å². The normalized spacial score (nSPS) is 13.7. The number of carboxylic acid groups (broad SMARTS) is 3. The van der Waals surface area contributed by atoms with Crippen LogP contribution in [0.5, 0.6) is 0 Å². The van der Waals surface area contributed by atoms with Crippen molar-refractivity contribution in [2.24, 2.45) is 0 Å². The monoisotopic (exact) mass is 259 g/mol. The first-order valence-electron chi connectivity index (χ1n) is 4.52. The first-order valence-corrected chi connectivity index (χ1v) is 4.52. The van der Waals surface area contributed by atoms with Gasteiger partial charge in [0.1, 0.15) is 12.2 Å². The van der Waals surface area contributed by atoms with Crippen molar-refractivity contribution >= 4 is 17.9 Å². The van der Waals surface area contributed by atoms with Crippen LogP contribution in [-0.2, 0) is 14.4 Å². The van der Waals surface area contributed by atoms with Crippen LogP contribution in [0.2, 0.25) is 0 Å². The maximum absolute atomic E-state index is 9.64. The fourth-order valence-electron chi connectivity index (χ4n) is 0.503. The number of aliphatic hydroxyl groups is 2. The van der Waals surface area contributed by atoms with Crippen molar-refractivity contribution in [3.8, 4) is 0 Å². The van der Waals surface area contributed by atoms with E-state index in [1.165, 1.54) is 6.08 Å². The van der Waals surface area contributed by atoms with Gasteiger partial charge in [-0.25, -0.2) is 0 Å². The summed E-state index contributed by atoms with van der Waals surface area (Å²) in [6.45, 7) is 1.81. The van der Waals surface area contributed by atoms with Gasteiger partial charge in [0.15, 0.2) is 0 Å². The lowest BCUT2D eigenvalue weighted by Gasteiger charge is -2.18. The number of carbonyl (C=O) groups is 3. The van der Waals surface area contributed by atoms with E-state index in [-0.39, 0.29) is 0 Å². The highest BCUT2D eigenvalue weighted by Gasteiger charge is 2.17. The van der Waals surface area contributed by atoms with Crippen molar-refractivity contribution in [3.05, 3.63) is 24.3 Å². The van der Waals surface area contributed by atoms with Crippen LogP contribution >= 0.6 is 0 Å². The van der Waals surface area contributed by atoms with E-state index in [0.29, 0.717) is 0 Å². The van der Waals surface area contributed by atoms with E-state index in [2.05, 4.69) is 0 Å². The third-order valence-corrected chi connectivity index (χ3v) is 1.32. The molecule has 0 saturated heterocycles. The quantitative estimate of drug-likeness (QED) is 0.366. The van der Waals surface area contributed by atoms with Crippen molar-refractivity contribution in [1.82, 2.24) is 0 Å². The molecule has 18 heavy (non-hydrogen) atoms. The summed E-state index contributed by atoms with van der Waals surface area (Å²) in [7, 11) is 0. The van der Waals surface area contributed by atoms with E-state index in [1.807, 2.05) is 0 Å². The Labute approximate surface area is 102 Å². The number of allylic oxidation sites excluding steroid dienone is 3. The minimum absolute atomic E-state index is 0.972. The Kier molecular flexibility index (Phi) is 10.1. The molecular weight excluding hydrogens is 248 g/mol. The van der Waals surface area contributed by atoms with Crippen LogP contribution in [0.1, 0.15) is 6.92 Å². The molecule has 0 bridgehead atoms. The lowest BCUT2D eigenvalue weighted by molar-refractivity contribution is -0.333. The van der Waals surface area contributed by atoms with Gasteiger partial charge in [0.25, 0.3) is 0 Å². The molecule has 2 atom stereocenters. The third-order valence-electron chi connectivity index (χ3n) is 1.32. The third kappa shape index (κ3) is 10.3. The molecule has 0 saturated carbocycles. The van der Waals surface area contributed by atoms with E-state index in [4.69, 9.17) is 10.2 Å². The molecule has 0 rings (SSSR count). The summed E-state index contributed by atoms with van der Waals surface area (Å²) in [5.41, 5.74) is 0. The number of hydrogen-bond donors (Lipinski definition) is 2. The smallest absolute Gasteiger partial charge is 0.124 e. The Morgan fingerprint density at radius 2 is 1.33 bits per heavy atom. The van der Waals surface area contributed by atoms with Gasteiger partial charge in [-0.2, -0.15) is 0 Å². The second kappa shape index (κ2) is 10.00. The van der Waals surface area contributed by atoms with Gasteiger partial charge in [0, 0.05) is 0 Å². The Morgan fingerprint density at radius 3 is 1.56 bits per heavy atom. The molecule has 0 spiro atoms. The summed E-state index contributed by atoms with van der Waals surface area (Å²) in [4.78, 5) is 28.9. The second-order valence-corrected chi connectivity index (χ2v) is 2.73. The summed E-state index contributed by atoms with van der Waals surface area (Å²) >= 11 is 0. The number of carbonyl (C=O) groups excluding carboxylic acids is 3. The first kappa shape index (κ1) is 18.2. The molecule has 102 valence electrons. The molecule has 0 aliphatic rings. The lowest BCUT2D eigenvalue weighted by atomic mass is 10.2. The number of hydrogen-bond acceptors (Lipinski definition) is 8. The van der Waals surface area contributed by atoms with E-state index < -0.39 is 30.1 Å². The Balaban J connectivity index is 0. The topological polar surface area (TPSA) is 161 Å². The van der Waals surface area contributed by atoms with Crippen LogP contribution in [0.15, 0.2) is 24.3 Å². The van der Waals surface area contributed by atoms with E-state index in [9.17, 15) is 29.7 Å². The molecule has 0 heterocycles. The number of carboxylic acids is 3. The maximum Gasteiger partial charge on any atom is 0.124 e. The summed E-state index contributed by atoms with van der Waals surface area (Å²) in [5.74, 6) is -5.28. The fraction of sp³-hybridized carbons (Fsp3) is 0.300. The number of aliphatic carboxylic acids is 3. The predicted molar refractivity (Wildman–Crippen MR) is 51.0 cm³/mol. The summed E-state index contributed by atoms with van der Waals surface area (Å²) < 4.78 is 0. The molecule has 2 unspecified atom stereocenters. The van der Waals surface area contributed by atoms with E-state index in [0.717, 1.165) is 6.08 Å². The molecule has 0 amide bonds. The van der Waals surface area contributed by atoms with Crippen LogP contribution in [-0.4, -0.2) is 40.3 Å². The van der Waals surface area contributed by atoms with Crippen LogP contribution in [0.25, 0.3) is 0 Å². The SMILES string of the molecule is C/C=C/C=C/C(=O)[O-].O=C([O-])C(O)C(O)C(=O)[O-]. The average molecular weight is 259 g/mol. The maximum atomic E-state index is 9.64. The van der Waals surface area contributed by atoms with Crippen LogP contribution < -0.4 is 15.3 Å². The highest BCUT2D eigenvalue weighted by molar-refractivity contribution is 5.80. The molecule has 0 radical (unpaired) electrons. The van der Waals surface area contributed by atoms with Gasteiger partial charge in [-0.3, -0.25) is 0 Å². The Bertz CT molecular complexity index is 326. The van der Waals surface area contributed by atoms with Crippen molar-refractivity contribution in [3.63, 3.8) is 0 Å². The van der Waals surface area contributed by atoms with Gasteiger partial charge >= 0.3 is 0 Å². The zero-order chi connectivity index (χ0) is 14.7. The predicted octanol–water partition coefficient (Wildman–Crippen LogP) is -4.92. The highest BCUT2D eigenvalue weighted by Crippen LogP contribution is 1.88. The highest BCUT2D eigenvalue weighted by atomic mass is 16.4. The van der Waals surface area contributed by atoms with Gasteiger partial charge in [0.05, 0.1) is 17.9 Å². The zero-order valence-corrected chi connectivity index (χ0v) is 9.31. The summed E-state index contributed by atoms with van der Waals surface area (Å²) in [6, 6.07) is 0. The molecule has 8 heteroatoms. The van der Waals surface area contributed by atoms with E-state index >= 15 is 0 Å². The Hall–Kier alpha value is -2.19. The second-order valence-electron chi connectivity index (χ2n) is 2.73. The van der Waals surface area contributed by atoms with Crippen molar-refractivity contribution < 1.29 is 39.9 Å². The number of aliphatic hydroxyl groups excluding tert-OH is 2. The first-order chi connectivity index (χ1) is 8.23. The molecule has 0 aromatic carbocycles.